The molecule has 0 saturated heterocycles. The predicted molar refractivity (Wildman–Crippen MR) is 125 cm³/mol. The Morgan fingerprint density at radius 2 is 1.65 bits per heavy atom. The summed E-state index contributed by atoms with van der Waals surface area (Å²) in [5, 5.41) is 0.817. The van der Waals surface area contributed by atoms with Crippen LogP contribution in [-0.2, 0) is 9.53 Å². The van der Waals surface area contributed by atoms with Crippen LogP contribution >= 0.6 is 0 Å². The van der Waals surface area contributed by atoms with E-state index in [0.29, 0.717) is 35.7 Å². The summed E-state index contributed by atoms with van der Waals surface area (Å²) in [5.41, 5.74) is 1.20. The Labute approximate surface area is 183 Å². The molecular formula is C26H30O5. The van der Waals surface area contributed by atoms with Crippen molar-refractivity contribution in [3.05, 3.63) is 84.3 Å². The van der Waals surface area contributed by atoms with E-state index < -0.39 is 5.63 Å². The van der Waals surface area contributed by atoms with Gasteiger partial charge in [-0.3, -0.25) is 0 Å². The van der Waals surface area contributed by atoms with Crippen LogP contribution < -0.4 is 10.4 Å². The summed E-state index contributed by atoms with van der Waals surface area (Å²) < 4.78 is 16.2. The van der Waals surface area contributed by atoms with Gasteiger partial charge in [-0.05, 0) is 36.6 Å². The quantitative estimate of drug-likeness (QED) is 0.123. The Morgan fingerprint density at radius 3 is 2.32 bits per heavy atom. The molecule has 0 amide bonds. The van der Waals surface area contributed by atoms with Gasteiger partial charge < -0.3 is 13.9 Å². The van der Waals surface area contributed by atoms with Gasteiger partial charge in [0.1, 0.15) is 11.3 Å². The second-order valence-electron chi connectivity index (χ2n) is 7.05. The third-order valence-corrected chi connectivity index (χ3v) is 4.75. The van der Waals surface area contributed by atoms with Crippen LogP contribution in [0.3, 0.4) is 0 Å². The lowest BCUT2D eigenvalue weighted by Crippen LogP contribution is -2.05. The highest BCUT2D eigenvalue weighted by Gasteiger charge is 2.09. The molecule has 0 radical (unpaired) electrons. The topological polar surface area (TPSA) is 65.7 Å². The first-order valence-corrected chi connectivity index (χ1v) is 10.5. The van der Waals surface area contributed by atoms with Crippen LogP contribution in [0, 0.1) is 0 Å². The first-order valence-electron chi connectivity index (χ1n) is 10.5. The van der Waals surface area contributed by atoms with E-state index in [1.165, 1.54) is 6.08 Å². The SMILES string of the molecule is C=C/C=C(\C=C)c1cc2ccc(OCCCCCCCCOC(=O)C=C)cc2oc1=O. The lowest BCUT2D eigenvalue weighted by molar-refractivity contribution is -0.137. The fraction of sp³-hybridized carbons (Fsp3) is 0.308. The van der Waals surface area contributed by atoms with Gasteiger partial charge in [0.25, 0.3) is 0 Å². The number of rotatable bonds is 14. The molecule has 5 nitrogen and oxygen atoms in total. The van der Waals surface area contributed by atoms with Crippen molar-refractivity contribution in [3.8, 4) is 5.75 Å². The zero-order valence-corrected chi connectivity index (χ0v) is 17.9. The van der Waals surface area contributed by atoms with E-state index in [1.54, 1.807) is 30.4 Å². The second-order valence-corrected chi connectivity index (χ2v) is 7.05. The average Bonchev–Trinajstić information content (AvgIpc) is 2.78. The third kappa shape index (κ3) is 7.78. The number of carbonyl (C=O) groups is 1. The Balaban J connectivity index is 1.77. The highest BCUT2D eigenvalue weighted by atomic mass is 16.5. The fourth-order valence-corrected chi connectivity index (χ4v) is 3.11. The zero-order chi connectivity index (χ0) is 22.5. The van der Waals surface area contributed by atoms with Crippen molar-refractivity contribution in [2.24, 2.45) is 0 Å². The molecule has 31 heavy (non-hydrogen) atoms. The minimum atomic E-state index is -0.420. The van der Waals surface area contributed by atoms with Gasteiger partial charge in [-0.1, -0.05) is 63.6 Å². The third-order valence-electron chi connectivity index (χ3n) is 4.75. The molecule has 0 saturated carbocycles. The van der Waals surface area contributed by atoms with E-state index in [0.717, 1.165) is 43.9 Å². The van der Waals surface area contributed by atoms with E-state index in [-0.39, 0.29) is 5.97 Å². The van der Waals surface area contributed by atoms with Crippen molar-refractivity contribution in [2.45, 2.75) is 38.5 Å². The van der Waals surface area contributed by atoms with Crippen LogP contribution in [0.1, 0.15) is 44.1 Å². The maximum atomic E-state index is 12.3. The van der Waals surface area contributed by atoms with Crippen LogP contribution in [0.2, 0.25) is 0 Å². The molecular weight excluding hydrogens is 392 g/mol. The lowest BCUT2D eigenvalue weighted by atomic mass is 10.1. The zero-order valence-electron chi connectivity index (χ0n) is 17.9. The molecule has 0 aliphatic carbocycles. The minimum absolute atomic E-state index is 0.364. The number of fused-ring (bicyclic) bond motifs is 1. The summed E-state index contributed by atoms with van der Waals surface area (Å²) in [5.74, 6) is 0.314. The molecule has 164 valence electrons. The molecule has 0 bridgehead atoms. The van der Waals surface area contributed by atoms with Gasteiger partial charge in [-0.15, -0.1) is 0 Å². The smallest absolute Gasteiger partial charge is 0.344 e. The molecule has 0 fully saturated rings. The monoisotopic (exact) mass is 422 g/mol. The Hall–Kier alpha value is -3.34. The minimum Gasteiger partial charge on any atom is -0.493 e. The summed E-state index contributed by atoms with van der Waals surface area (Å²) in [6.07, 6.45) is 12.2. The number of ether oxygens (including phenoxy) is 2. The van der Waals surface area contributed by atoms with Crippen molar-refractivity contribution in [3.63, 3.8) is 0 Å². The fourth-order valence-electron chi connectivity index (χ4n) is 3.11. The summed E-state index contributed by atoms with van der Waals surface area (Å²) in [7, 11) is 0. The van der Waals surface area contributed by atoms with Crippen LogP contribution in [0.15, 0.2) is 77.5 Å². The van der Waals surface area contributed by atoms with Crippen LogP contribution in [-0.4, -0.2) is 19.2 Å². The highest BCUT2D eigenvalue weighted by Crippen LogP contribution is 2.23. The molecule has 0 N–H and O–H groups in total. The molecule has 1 heterocycles. The van der Waals surface area contributed by atoms with E-state index in [1.807, 2.05) is 12.1 Å². The van der Waals surface area contributed by atoms with E-state index in [2.05, 4.69) is 19.7 Å². The highest BCUT2D eigenvalue weighted by molar-refractivity contribution is 5.84. The standard InChI is InChI=1S/C26H30O5/c1-4-13-20(5-2)23-18-21-14-15-22(19-24(21)31-26(23)28)29-16-11-9-7-8-10-12-17-30-25(27)6-3/h4-6,13-15,18-19H,1-3,7-12,16-17H2/b20-13+. The molecule has 5 heteroatoms. The second kappa shape index (κ2) is 13.1. The molecule has 0 aliphatic rings. The van der Waals surface area contributed by atoms with Crippen molar-refractivity contribution in [1.29, 1.82) is 0 Å². The van der Waals surface area contributed by atoms with Gasteiger partial charge >= 0.3 is 11.6 Å². The van der Waals surface area contributed by atoms with Crippen molar-refractivity contribution in [2.75, 3.05) is 13.2 Å². The van der Waals surface area contributed by atoms with E-state index in [9.17, 15) is 9.59 Å². The number of carbonyl (C=O) groups excluding carboxylic acids is 1. The maximum Gasteiger partial charge on any atom is 0.344 e. The lowest BCUT2D eigenvalue weighted by Gasteiger charge is -2.08. The van der Waals surface area contributed by atoms with Crippen LogP contribution in [0.25, 0.3) is 16.5 Å². The van der Waals surface area contributed by atoms with Gasteiger partial charge in [-0.25, -0.2) is 9.59 Å². The first kappa shape index (κ1) is 23.9. The summed E-state index contributed by atoms with van der Waals surface area (Å²) in [6.45, 7) is 11.8. The van der Waals surface area contributed by atoms with Gasteiger partial charge in [0.15, 0.2) is 0 Å². The normalized spacial score (nSPS) is 11.2. The van der Waals surface area contributed by atoms with Gasteiger partial charge in [0, 0.05) is 17.5 Å². The van der Waals surface area contributed by atoms with Gasteiger partial charge in [0.05, 0.1) is 18.8 Å². The molecule has 0 unspecified atom stereocenters. The molecule has 2 rings (SSSR count). The summed E-state index contributed by atoms with van der Waals surface area (Å²) >= 11 is 0. The molecule has 1 aromatic heterocycles. The number of esters is 1. The van der Waals surface area contributed by atoms with Crippen LogP contribution in [0.4, 0.5) is 0 Å². The molecule has 1 aromatic carbocycles. The van der Waals surface area contributed by atoms with Gasteiger partial charge in [-0.2, -0.15) is 0 Å². The largest absolute Gasteiger partial charge is 0.493 e. The molecule has 0 spiro atoms. The molecule has 0 atom stereocenters. The van der Waals surface area contributed by atoms with Crippen molar-refractivity contribution >= 4 is 22.5 Å². The molecule has 0 aliphatic heterocycles. The number of benzene rings is 1. The van der Waals surface area contributed by atoms with E-state index >= 15 is 0 Å². The number of allylic oxidation sites excluding steroid dienone is 4. The van der Waals surface area contributed by atoms with Crippen molar-refractivity contribution in [1.82, 2.24) is 0 Å². The predicted octanol–water partition coefficient (Wildman–Crippen LogP) is 6.00. The summed E-state index contributed by atoms with van der Waals surface area (Å²) in [6, 6.07) is 7.29. The molecule has 2 aromatic rings. The number of unbranched alkanes of at least 4 members (excludes halogenated alkanes) is 5. The first-order chi connectivity index (χ1) is 15.1. The van der Waals surface area contributed by atoms with Crippen LogP contribution in [0.5, 0.6) is 5.75 Å². The number of hydrogen-bond acceptors (Lipinski definition) is 5. The number of hydrogen-bond donors (Lipinski definition) is 0. The Kier molecular flexibility index (Phi) is 10.1. The van der Waals surface area contributed by atoms with E-state index in [4.69, 9.17) is 13.9 Å². The summed E-state index contributed by atoms with van der Waals surface area (Å²) in [4.78, 5) is 23.3. The Morgan fingerprint density at radius 1 is 0.935 bits per heavy atom. The van der Waals surface area contributed by atoms with Gasteiger partial charge in [0.2, 0.25) is 0 Å². The average molecular weight is 423 g/mol. The Bertz CT molecular complexity index is 997. The maximum absolute atomic E-state index is 12.3. The van der Waals surface area contributed by atoms with Crippen molar-refractivity contribution < 1.29 is 18.7 Å².